The molecule has 1 aromatic carbocycles. The van der Waals surface area contributed by atoms with E-state index in [2.05, 4.69) is 4.98 Å². The minimum Gasteiger partial charge on any atom is -0.497 e. The minimum absolute atomic E-state index is 0.411. The Kier molecular flexibility index (Phi) is 4.15. The Hall–Kier alpha value is -2.07. The average molecular weight is 244 g/mol. The molecule has 0 amide bonds. The highest BCUT2D eigenvalue weighted by atomic mass is 16.5. The Morgan fingerprint density at radius 3 is 2.78 bits per heavy atom. The SMILES string of the molecule is COc1ccc(OCc2ccccn2)c(CN)c1. The monoisotopic (exact) mass is 244 g/mol. The molecular formula is C14H16N2O2. The Bertz CT molecular complexity index is 500. The van der Waals surface area contributed by atoms with Gasteiger partial charge in [0.05, 0.1) is 12.8 Å². The maximum Gasteiger partial charge on any atom is 0.130 e. The zero-order valence-electron chi connectivity index (χ0n) is 10.3. The smallest absolute Gasteiger partial charge is 0.130 e. The molecule has 1 heterocycles. The number of hydrogen-bond acceptors (Lipinski definition) is 4. The van der Waals surface area contributed by atoms with Gasteiger partial charge in [0, 0.05) is 18.3 Å². The molecule has 18 heavy (non-hydrogen) atoms. The number of pyridine rings is 1. The van der Waals surface area contributed by atoms with Crippen molar-refractivity contribution in [2.45, 2.75) is 13.2 Å². The van der Waals surface area contributed by atoms with Gasteiger partial charge in [-0.3, -0.25) is 4.98 Å². The minimum atomic E-state index is 0.411. The van der Waals surface area contributed by atoms with Gasteiger partial charge in [-0.2, -0.15) is 0 Å². The summed E-state index contributed by atoms with van der Waals surface area (Å²) in [6, 6.07) is 11.3. The van der Waals surface area contributed by atoms with Gasteiger partial charge < -0.3 is 15.2 Å². The molecule has 0 bridgehead atoms. The topological polar surface area (TPSA) is 57.4 Å². The second-order valence-corrected chi connectivity index (χ2v) is 3.79. The van der Waals surface area contributed by atoms with Crippen molar-refractivity contribution in [2.75, 3.05) is 7.11 Å². The third-order valence-electron chi connectivity index (χ3n) is 2.59. The largest absolute Gasteiger partial charge is 0.497 e. The highest BCUT2D eigenvalue weighted by Crippen LogP contribution is 2.24. The summed E-state index contributed by atoms with van der Waals surface area (Å²) in [7, 11) is 1.63. The lowest BCUT2D eigenvalue weighted by molar-refractivity contribution is 0.297. The van der Waals surface area contributed by atoms with Crippen LogP contribution in [0.4, 0.5) is 0 Å². The van der Waals surface area contributed by atoms with Crippen LogP contribution in [0.1, 0.15) is 11.3 Å². The lowest BCUT2D eigenvalue weighted by atomic mass is 10.2. The molecule has 0 spiro atoms. The zero-order chi connectivity index (χ0) is 12.8. The van der Waals surface area contributed by atoms with E-state index in [4.69, 9.17) is 15.2 Å². The number of benzene rings is 1. The van der Waals surface area contributed by atoms with Crippen LogP contribution in [0.5, 0.6) is 11.5 Å². The van der Waals surface area contributed by atoms with Crippen molar-refractivity contribution in [2.24, 2.45) is 5.73 Å². The van der Waals surface area contributed by atoms with Crippen LogP contribution >= 0.6 is 0 Å². The molecule has 0 radical (unpaired) electrons. The van der Waals surface area contributed by atoms with Crippen molar-refractivity contribution in [3.8, 4) is 11.5 Å². The molecule has 0 saturated heterocycles. The first kappa shape index (κ1) is 12.4. The molecule has 0 saturated carbocycles. The first-order valence-corrected chi connectivity index (χ1v) is 5.73. The summed E-state index contributed by atoms with van der Waals surface area (Å²) in [6.07, 6.45) is 1.75. The molecule has 0 atom stereocenters. The van der Waals surface area contributed by atoms with E-state index in [0.29, 0.717) is 13.2 Å². The van der Waals surface area contributed by atoms with Crippen molar-refractivity contribution in [3.05, 3.63) is 53.9 Å². The molecule has 1 aromatic heterocycles. The normalized spacial score (nSPS) is 10.1. The van der Waals surface area contributed by atoms with Crippen molar-refractivity contribution < 1.29 is 9.47 Å². The number of ether oxygens (including phenoxy) is 2. The zero-order valence-corrected chi connectivity index (χ0v) is 10.3. The van der Waals surface area contributed by atoms with Gasteiger partial charge in [0.2, 0.25) is 0 Å². The van der Waals surface area contributed by atoms with Gasteiger partial charge in [-0.15, -0.1) is 0 Å². The molecule has 0 aliphatic heterocycles. The van der Waals surface area contributed by atoms with E-state index in [1.54, 1.807) is 13.3 Å². The maximum absolute atomic E-state index is 5.72. The van der Waals surface area contributed by atoms with Crippen LogP contribution in [0.25, 0.3) is 0 Å². The number of nitrogens with zero attached hydrogens (tertiary/aromatic N) is 1. The summed E-state index contributed by atoms with van der Waals surface area (Å²) >= 11 is 0. The van der Waals surface area contributed by atoms with E-state index in [9.17, 15) is 0 Å². The van der Waals surface area contributed by atoms with Gasteiger partial charge in [0.15, 0.2) is 0 Å². The fraction of sp³-hybridized carbons (Fsp3) is 0.214. The van der Waals surface area contributed by atoms with E-state index in [0.717, 1.165) is 22.8 Å². The van der Waals surface area contributed by atoms with E-state index in [1.165, 1.54) is 0 Å². The Morgan fingerprint density at radius 1 is 1.22 bits per heavy atom. The number of nitrogens with two attached hydrogens (primary N) is 1. The summed E-state index contributed by atoms with van der Waals surface area (Å²) < 4.78 is 10.9. The van der Waals surface area contributed by atoms with Crippen LogP contribution in [-0.2, 0) is 13.2 Å². The van der Waals surface area contributed by atoms with Gasteiger partial charge in [-0.25, -0.2) is 0 Å². The second-order valence-electron chi connectivity index (χ2n) is 3.79. The van der Waals surface area contributed by atoms with Crippen LogP contribution in [0.2, 0.25) is 0 Å². The van der Waals surface area contributed by atoms with Crippen molar-refractivity contribution in [1.82, 2.24) is 4.98 Å². The third kappa shape index (κ3) is 2.99. The predicted octanol–water partition coefficient (Wildman–Crippen LogP) is 2.13. The molecular weight excluding hydrogens is 228 g/mol. The van der Waals surface area contributed by atoms with Crippen molar-refractivity contribution >= 4 is 0 Å². The van der Waals surface area contributed by atoms with Gasteiger partial charge in [-0.05, 0) is 30.3 Å². The molecule has 2 rings (SSSR count). The Labute approximate surface area is 106 Å². The van der Waals surface area contributed by atoms with Crippen LogP contribution < -0.4 is 15.2 Å². The molecule has 94 valence electrons. The Morgan fingerprint density at radius 2 is 2.11 bits per heavy atom. The number of aromatic nitrogens is 1. The number of rotatable bonds is 5. The molecule has 0 aliphatic rings. The summed E-state index contributed by atoms with van der Waals surface area (Å²) in [5, 5.41) is 0. The van der Waals surface area contributed by atoms with Gasteiger partial charge in [0.1, 0.15) is 18.1 Å². The van der Waals surface area contributed by atoms with Crippen LogP contribution in [0, 0.1) is 0 Å². The van der Waals surface area contributed by atoms with E-state index in [1.807, 2.05) is 36.4 Å². The highest BCUT2D eigenvalue weighted by Gasteiger charge is 2.05. The number of methoxy groups -OCH3 is 1. The van der Waals surface area contributed by atoms with Gasteiger partial charge in [-0.1, -0.05) is 6.07 Å². The third-order valence-corrected chi connectivity index (χ3v) is 2.59. The standard InChI is InChI=1S/C14H16N2O2/c1-17-13-5-6-14(11(8-13)9-15)18-10-12-4-2-3-7-16-12/h2-8H,9-10,15H2,1H3. The van der Waals surface area contributed by atoms with Gasteiger partial charge >= 0.3 is 0 Å². The fourth-order valence-corrected chi connectivity index (χ4v) is 1.62. The molecule has 0 unspecified atom stereocenters. The van der Waals surface area contributed by atoms with Crippen molar-refractivity contribution in [3.63, 3.8) is 0 Å². The molecule has 4 nitrogen and oxygen atoms in total. The molecule has 2 aromatic rings. The summed E-state index contributed by atoms with van der Waals surface area (Å²) in [5.74, 6) is 1.55. The predicted molar refractivity (Wildman–Crippen MR) is 69.5 cm³/mol. The molecule has 4 heteroatoms. The fourth-order valence-electron chi connectivity index (χ4n) is 1.62. The first-order valence-electron chi connectivity index (χ1n) is 5.73. The van der Waals surface area contributed by atoms with Crippen LogP contribution in [-0.4, -0.2) is 12.1 Å². The lowest BCUT2D eigenvalue weighted by Gasteiger charge is -2.11. The Balaban J connectivity index is 2.09. The quantitative estimate of drug-likeness (QED) is 0.875. The summed E-state index contributed by atoms with van der Waals surface area (Å²) in [5.41, 5.74) is 7.50. The summed E-state index contributed by atoms with van der Waals surface area (Å²) in [6.45, 7) is 0.842. The maximum atomic E-state index is 5.72. The van der Waals surface area contributed by atoms with Crippen LogP contribution in [0.3, 0.4) is 0 Å². The summed E-state index contributed by atoms with van der Waals surface area (Å²) in [4.78, 5) is 4.20. The average Bonchev–Trinajstić information content (AvgIpc) is 2.46. The van der Waals surface area contributed by atoms with Gasteiger partial charge in [0.25, 0.3) is 0 Å². The lowest BCUT2D eigenvalue weighted by Crippen LogP contribution is -2.04. The molecule has 0 aliphatic carbocycles. The van der Waals surface area contributed by atoms with Crippen molar-refractivity contribution in [1.29, 1.82) is 0 Å². The molecule has 0 fully saturated rings. The first-order chi connectivity index (χ1) is 8.83. The highest BCUT2D eigenvalue weighted by molar-refractivity contribution is 5.40. The van der Waals surface area contributed by atoms with E-state index >= 15 is 0 Å². The van der Waals surface area contributed by atoms with E-state index < -0.39 is 0 Å². The number of hydrogen-bond donors (Lipinski definition) is 1. The van der Waals surface area contributed by atoms with E-state index in [-0.39, 0.29) is 0 Å². The second kappa shape index (κ2) is 6.02. The molecule has 2 N–H and O–H groups in total. The van der Waals surface area contributed by atoms with Crippen LogP contribution in [0.15, 0.2) is 42.6 Å².